The Morgan fingerprint density at radius 3 is 2.27 bits per heavy atom. The zero-order chi connectivity index (χ0) is 26.4. The molecule has 0 fully saturated rings. The van der Waals surface area contributed by atoms with Crippen LogP contribution in [0.1, 0.15) is 31.9 Å². The van der Waals surface area contributed by atoms with E-state index in [1.54, 1.807) is 18.2 Å². The zero-order valence-electron chi connectivity index (χ0n) is 20.7. The maximum absolute atomic E-state index is 13.4. The molecular formula is C30H26FNO4S. The van der Waals surface area contributed by atoms with Gasteiger partial charge in [0, 0.05) is 16.5 Å². The normalized spacial score (nSPS) is 10.9. The second-order valence-electron chi connectivity index (χ2n) is 8.40. The Morgan fingerprint density at radius 1 is 0.946 bits per heavy atom. The summed E-state index contributed by atoms with van der Waals surface area (Å²) in [5.74, 6) is -0.617. The number of anilines is 1. The third-order valence-electron chi connectivity index (χ3n) is 5.68. The molecule has 37 heavy (non-hydrogen) atoms. The van der Waals surface area contributed by atoms with E-state index in [1.807, 2.05) is 62.4 Å². The van der Waals surface area contributed by atoms with Gasteiger partial charge in [-0.15, -0.1) is 11.3 Å². The SMILES string of the molecule is COC(=O)c1c(NC(=O)/C=C/c2ccc(OCc3ccc(C)cc3)cc2)sc(C)c1-c1ccc(F)cc1. The van der Waals surface area contributed by atoms with Crippen molar-refractivity contribution in [3.63, 3.8) is 0 Å². The number of nitrogens with one attached hydrogen (secondary N) is 1. The fourth-order valence-electron chi connectivity index (χ4n) is 3.75. The third-order valence-corrected chi connectivity index (χ3v) is 6.70. The van der Waals surface area contributed by atoms with Gasteiger partial charge in [0.15, 0.2) is 0 Å². The van der Waals surface area contributed by atoms with Crippen molar-refractivity contribution in [1.29, 1.82) is 0 Å². The van der Waals surface area contributed by atoms with Crippen molar-refractivity contribution in [2.45, 2.75) is 20.5 Å². The molecule has 0 bridgehead atoms. The summed E-state index contributed by atoms with van der Waals surface area (Å²) in [7, 11) is 1.28. The molecule has 3 aromatic carbocycles. The van der Waals surface area contributed by atoms with Gasteiger partial charge in [-0.05, 0) is 60.9 Å². The van der Waals surface area contributed by atoms with Gasteiger partial charge in [0.1, 0.15) is 28.7 Å². The molecule has 1 N–H and O–H groups in total. The number of aryl methyl sites for hydroxylation is 2. The average molecular weight is 516 g/mol. The molecule has 0 aliphatic rings. The Kier molecular flexibility index (Phi) is 8.15. The molecule has 1 heterocycles. The van der Waals surface area contributed by atoms with Crippen LogP contribution in [0.5, 0.6) is 5.75 Å². The Bertz CT molecular complexity index is 1420. The Morgan fingerprint density at radius 2 is 1.62 bits per heavy atom. The van der Waals surface area contributed by atoms with E-state index in [0.717, 1.165) is 21.8 Å². The molecule has 0 aliphatic carbocycles. The quantitative estimate of drug-likeness (QED) is 0.199. The molecule has 0 unspecified atom stereocenters. The van der Waals surface area contributed by atoms with Crippen molar-refractivity contribution < 1.29 is 23.5 Å². The van der Waals surface area contributed by atoms with Gasteiger partial charge < -0.3 is 14.8 Å². The van der Waals surface area contributed by atoms with Gasteiger partial charge in [0.25, 0.3) is 0 Å². The average Bonchev–Trinajstić information content (AvgIpc) is 3.23. The first-order valence-electron chi connectivity index (χ1n) is 11.6. The number of methoxy groups -OCH3 is 1. The Labute approximate surface area is 219 Å². The fourth-order valence-corrected chi connectivity index (χ4v) is 4.81. The summed E-state index contributed by atoms with van der Waals surface area (Å²) in [6, 6.07) is 21.4. The van der Waals surface area contributed by atoms with E-state index in [1.165, 1.54) is 42.2 Å². The third kappa shape index (κ3) is 6.51. The lowest BCUT2D eigenvalue weighted by atomic mass is 10.0. The van der Waals surface area contributed by atoms with Gasteiger partial charge in [-0.3, -0.25) is 4.79 Å². The molecule has 0 radical (unpaired) electrons. The van der Waals surface area contributed by atoms with Crippen LogP contribution in [0.3, 0.4) is 0 Å². The first-order valence-corrected chi connectivity index (χ1v) is 12.4. The molecule has 0 spiro atoms. The van der Waals surface area contributed by atoms with Crippen molar-refractivity contribution in [2.24, 2.45) is 0 Å². The summed E-state index contributed by atoms with van der Waals surface area (Å²) < 4.78 is 24.2. The van der Waals surface area contributed by atoms with Crippen LogP contribution < -0.4 is 10.1 Å². The predicted octanol–water partition coefficient (Wildman–Crippen LogP) is 7.19. The number of esters is 1. The minimum Gasteiger partial charge on any atom is -0.489 e. The van der Waals surface area contributed by atoms with E-state index < -0.39 is 11.9 Å². The van der Waals surface area contributed by atoms with Gasteiger partial charge >= 0.3 is 5.97 Å². The second-order valence-corrected chi connectivity index (χ2v) is 9.63. The molecule has 1 aromatic heterocycles. The Hall–Kier alpha value is -4.23. The highest BCUT2D eigenvalue weighted by molar-refractivity contribution is 7.17. The van der Waals surface area contributed by atoms with Gasteiger partial charge in [0.05, 0.1) is 7.11 Å². The van der Waals surface area contributed by atoms with E-state index >= 15 is 0 Å². The number of carbonyl (C=O) groups excluding carboxylic acids is 2. The summed E-state index contributed by atoms with van der Waals surface area (Å²) in [5, 5.41) is 3.16. The van der Waals surface area contributed by atoms with Crippen LogP contribution in [0.2, 0.25) is 0 Å². The summed E-state index contributed by atoms with van der Waals surface area (Å²) >= 11 is 1.26. The number of carbonyl (C=O) groups is 2. The van der Waals surface area contributed by atoms with Gasteiger partial charge in [0.2, 0.25) is 5.91 Å². The van der Waals surface area contributed by atoms with Crippen molar-refractivity contribution >= 4 is 34.3 Å². The number of halogens is 1. The summed E-state index contributed by atoms with van der Waals surface area (Å²) in [6.07, 6.45) is 3.08. The molecule has 1 amide bonds. The molecule has 188 valence electrons. The molecule has 4 aromatic rings. The lowest BCUT2D eigenvalue weighted by Gasteiger charge is -2.07. The number of thiophene rings is 1. The van der Waals surface area contributed by atoms with Crippen LogP contribution in [-0.2, 0) is 16.1 Å². The standard InChI is InChI=1S/C30H26FNO4S/c1-19-4-6-22(7-5-19)18-36-25-15-8-21(9-16-25)10-17-26(33)32-29-28(30(34)35-3)27(20(2)37-29)23-11-13-24(31)14-12-23/h4-17H,18H2,1-3H3,(H,32,33)/b17-10+. The fraction of sp³-hybridized carbons (Fsp3) is 0.133. The van der Waals surface area contributed by atoms with Crippen LogP contribution in [-0.4, -0.2) is 19.0 Å². The number of rotatable bonds is 8. The monoisotopic (exact) mass is 515 g/mol. The lowest BCUT2D eigenvalue weighted by molar-refractivity contribution is -0.111. The van der Waals surface area contributed by atoms with E-state index in [0.29, 0.717) is 22.7 Å². The van der Waals surface area contributed by atoms with Crippen molar-refractivity contribution in [1.82, 2.24) is 0 Å². The van der Waals surface area contributed by atoms with Gasteiger partial charge in [-0.2, -0.15) is 0 Å². The first kappa shape index (κ1) is 25.9. The first-order chi connectivity index (χ1) is 17.8. The van der Waals surface area contributed by atoms with Crippen LogP contribution in [0.4, 0.5) is 9.39 Å². The highest BCUT2D eigenvalue weighted by Gasteiger charge is 2.24. The number of amides is 1. The predicted molar refractivity (Wildman–Crippen MR) is 145 cm³/mol. The molecule has 7 heteroatoms. The van der Waals surface area contributed by atoms with Crippen LogP contribution >= 0.6 is 11.3 Å². The van der Waals surface area contributed by atoms with Gasteiger partial charge in [-0.1, -0.05) is 54.1 Å². The zero-order valence-corrected chi connectivity index (χ0v) is 21.5. The molecule has 5 nitrogen and oxygen atoms in total. The number of hydrogen-bond donors (Lipinski definition) is 1. The smallest absolute Gasteiger partial charge is 0.341 e. The number of hydrogen-bond acceptors (Lipinski definition) is 5. The highest BCUT2D eigenvalue weighted by Crippen LogP contribution is 2.40. The van der Waals surface area contributed by atoms with E-state index in [2.05, 4.69) is 5.32 Å². The second kappa shape index (κ2) is 11.7. The van der Waals surface area contributed by atoms with E-state index in [4.69, 9.17) is 9.47 Å². The molecule has 4 rings (SSSR count). The van der Waals surface area contributed by atoms with E-state index in [-0.39, 0.29) is 11.4 Å². The molecule has 0 saturated carbocycles. The molecule has 0 aliphatic heterocycles. The van der Waals surface area contributed by atoms with Crippen LogP contribution in [0.15, 0.2) is 78.9 Å². The van der Waals surface area contributed by atoms with Crippen LogP contribution in [0.25, 0.3) is 17.2 Å². The number of ether oxygens (including phenoxy) is 2. The lowest BCUT2D eigenvalue weighted by Crippen LogP contribution is -2.11. The van der Waals surface area contributed by atoms with Crippen LogP contribution in [0, 0.1) is 19.7 Å². The minimum absolute atomic E-state index is 0.244. The maximum atomic E-state index is 13.4. The van der Waals surface area contributed by atoms with Crippen molar-refractivity contribution in [3.05, 3.63) is 112 Å². The van der Waals surface area contributed by atoms with E-state index in [9.17, 15) is 14.0 Å². The molecule has 0 atom stereocenters. The maximum Gasteiger partial charge on any atom is 0.341 e. The molecule has 0 saturated heterocycles. The summed E-state index contributed by atoms with van der Waals surface area (Å²) in [6.45, 7) is 4.35. The van der Waals surface area contributed by atoms with Crippen molar-refractivity contribution in [3.8, 4) is 16.9 Å². The summed E-state index contributed by atoms with van der Waals surface area (Å²) in [4.78, 5) is 26.1. The molecular weight excluding hydrogens is 489 g/mol. The summed E-state index contributed by atoms with van der Waals surface area (Å²) in [5.41, 5.74) is 4.62. The largest absolute Gasteiger partial charge is 0.489 e. The van der Waals surface area contributed by atoms with Gasteiger partial charge in [-0.25, -0.2) is 9.18 Å². The Balaban J connectivity index is 1.44. The number of benzene rings is 3. The van der Waals surface area contributed by atoms with Crippen molar-refractivity contribution in [2.75, 3.05) is 12.4 Å². The topological polar surface area (TPSA) is 64.6 Å². The highest BCUT2D eigenvalue weighted by atomic mass is 32.1. The minimum atomic E-state index is -0.579.